The van der Waals surface area contributed by atoms with Gasteiger partial charge in [-0.05, 0) is 18.6 Å². The number of rotatable bonds is 6. The Morgan fingerprint density at radius 2 is 2.12 bits per heavy atom. The maximum Gasteiger partial charge on any atom is 0.354 e. The van der Waals surface area contributed by atoms with E-state index in [9.17, 15) is 4.79 Å². The number of nitrogens with zero attached hydrogens (tertiary/aromatic N) is 1. The van der Waals surface area contributed by atoms with Gasteiger partial charge in [-0.3, -0.25) is 0 Å². The molecule has 1 rings (SSSR count). The molecule has 0 aliphatic heterocycles. The predicted octanol–water partition coefficient (Wildman–Crippen LogP) is 1.87. The third-order valence-corrected chi connectivity index (χ3v) is 2.48. The Morgan fingerprint density at radius 1 is 1.38 bits per heavy atom. The van der Waals surface area contributed by atoms with Crippen LogP contribution < -0.4 is 0 Å². The summed E-state index contributed by atoms with van der Waals surface area (Å²) in [5.41, 5.74) is 1.74. The predicted molar refractivity (Wildman–Crippen MR) is 61.6 cm³/mol. The van der Waals surface area contributed by atoms with Gasteiger partial charge < -0.3 is 14.0 Å². The number of carbonyl (C=O) groups is 1. The van der Waals surface area contributed by atoms with Crippen molar-refractivity contribution in [1.82, 2.24) is 4.57 Å². The summed E-state index contributed by atoms with van der Waals surface area (Å²) in [6, 6.07) is 3.77. The monoisotopic (exact) mass is 225 g/mol. The summed E-state index contributed by atoms with van der Waals surface area (Å²) >= 11 is 0. The van der Waals surface area contributed by atoms with E-state index in [0.717, 1.165) is 25.1 Å². The summed E-state index contributed by atoms with van der Waals surface area (Å²) in [4.78, 5) is 11.5. The lowest BCUT2D eigenvalue weighted by Gasteiger charge is -2.10. The minimum Gasteiger partial charge on any atom is -0.464 e. The molecule has 0 atom stereocenters. The molecule has 1 aromatic rings. The molecule has 0 aromatic carbocycles. The summed E-state index contributed by atoms with van der Waals surface area (Å²) in [7, 11) is 3.08. The fraction of sp³-hybridized carbons (Fsp3) is 0.583. The lowest BCUT2D eigenvalue weighted by molar-refractivity contribution is 0.0587. The lowest BCUT2D eigenvalue weighted by atomic mass is 10.3. The molecule has 16 heavy (non-hydrogen) atoms. The zero-order valence-electron chi connectivity index (χ0n) is 10.2. The van der Waals surface area contributed by atoms with Gasteiger partial charge in [-0.15, -0.1) is 0 Å². The van der Waals surface area contributed by atoms with Crippen LogP contribution in [0.2, 0.25) is 0 Å². The van der Waals surface area contributed by atoms with Gasteiger partial charge in [0.25, 0.3) is 0 Å². The molecule has 0 fully saturated rings. The zero-order valence-corrected chi connectivity index (χ0v) is 10.2. The molecule has 0 N–H and O–H groups in total. The Bertz CT molecular complexity index is 344. The van der Waals surface area contributed by atoms with Crippen LogP contribution in [-0.2, 0) is 22.4 Å². The molecular formula is C12H19NO3. The summed E-state index contributed by atoms with van der Waals surface area (Å²) in [5.74, 6) is -0.280. The maximum absolute atomic E-state index is 11.5. The summed E-state index contributed by atoms with van der Waals surface area (Å²) < 4.78 is 11.8. The van der Waals surface area contributed by atoms with Crippen molar-refractivity contribution in [3.63, 3.8) is 0 Å². The molecule has 0 spiro atoms. The van der Waals surface area contributed by atoms with Gasteiger partial charge in [0.15, 0.2) is 0 Å². The lowest BCUT2D eigenvalue weighted by Crippen LogP contribution is -2.13. The van der Waals surface area contributed by atoms with Crippen molar-refractivity contribution in [2.45, 2.75) is 26.3 Å². The average molecular weight is 225 g/mol. The van der Waals surface area contributed by atoms with Crippen LogP contribution in [0.3, 0.4) is 0 Å². The second kappa shape index (κ2) is 6.33. The standard InChI is InChI=1S/C12H19NO3/c1-4-8-13-10(7-9-15-2)5-6-11(13)12(14)16-3/h5-6H,4,7-9H2,1-3H3. The molecule has 0 aliphatic carbocycles. The first kappa shape index (κ1) is 12.8. The van der Waals surface area contributed by atoms with Crippen LogP contribution >= 0.6 is 0 Å². The molecule has 0 amide bonds. The molecule has 90 valence electrons. The van der Waals surface area contributed by atoms with Crippen LogP contribution in [0.4, 0.5) is 0 Å². The molecule has 0 unspecified atom stereocenters. The molecular weight excluding hydrogens is 206 g/mol. The van der Waals surface area contributed by atoms with Crippen LogP contribution in [0.1, 0.15) is 29.5 Å². The minimum atomic E-state index is -0.280. The molecule has 1 aromatic heterocycles. The number of hydrogen-bond acceptors (Lipinski definition) is 3. The number of ether oxygens (including phenoxy) is 2. The van der Waals surface area contributed by atoms with Crippen molar-refractivity contribution < 1.29 is 14.3 Å². The fourth-order valence-electron chi connectivity index (χ4n) is 1.71. The van der Waals surface area contributed by atoms with Crippen LogP contribution in [0.5, 0.6) is 0 Å². The van der Waals surface area contributed by atoms with Crippen LogP contribution in [0, 0.1) is 0 Å². The fourth-order valence-corrected chi connectivity index (χ4v) is 1.71. The van der Waals surface area contributed by atoms with E-state index >= 15 is 0 Å². The van der Waals surface area contributed by atoms with Crippen molar-refractivity contribution in [3.05, 3.63) is 23.5 Å². The highest BCUT2D eigenvalue weighted by molar-refractivity contribution is 5.87. The number of aromatic nitrogens is 1. The highest BCUT2D eigenvalue weighted by Crippen LogP contribution is 2.12. The maximum atomic E-state index is 11.5. The second-order valence-corrected chi connectivity index (χ2v) is 3.60. The second-order valence-electron chi connectivity index (χ2n) is 3.60. The first-order valence-corrected chi connectivity index (χ1v) is 5.50. The number of esters is 1. The first-order valence-electron chi connectivity index (χ1n) is 5.50. The van der Waals surface area contributed by atoms with Crippen LogP contribution in [0.25, 0.3) is 0 Å². The third kappa shape index (κ3) is 2.85. The molecule has 4 heteroatoms. The van der Waals surface area contributed by atoms with Crippen molar-refractivity contribution in [2.24, 2.45) is 0 Å². The zero-order chi connectivity index (χ0) is 12.0. The molecule has 0 radical (unpaired) electrons. The quantitative estimate of drug-likeness (QED) is 0.694. The van der Waals surface area contributed by atoms with E-state index in [4.69, 9.17) is 9.47 Å². The van der Waals surface area contributed by atoms with Crippen LogP contribution in [-0.4, -0.2) is 31.4 Å². The van der Waals surface area contributed by atoms with Gasteiger partial charge >= 0.3 is 5.97 Å². The number of methoxy groups -OCH3 is 2. The van der Waals surface area contributed by atoms with E-state index in [2.05, 4.69) is 6.92 Å². The summed E-state index contributed by atoms with van der Waals surface area (Å²) in [6.45, 7) is 3.58. The van der Waals surface area contributed by atoms with E-state index in [-0.39, 0.29) is 5.97 Å². The van der Waals surface area contributed by atoms with Gasteiger partial charge in [0.1, 0.15) is 5.69 Å². The molecule has 0 bridgehead atoms. The van der Waals surface area contributed by atoms with Gasteiger partial charge in [-0.25, -0.2) is 4.79 Å². The van der Waals surface area contributed by atoms with Gasteiger partial charge in [0.2, 0.25) is 0 Å². The largest absolute Gasteiger partial charge is 0.464 e. The van der Waals surface area contributed by atoms with E-state index in [1.54, 1.807) is 7.11 Å². The Kier molecular flexibility index (Phi) is 5.05. The van der Waals surface area contributed by atoms with Crippen molar-refractivity contribution in [3.8, 4) is 0 Å². The van der Waals surface area contributed by atoms with Crippen molar-refractivity contribution in [1.29, 1.82) is 0 Å². The van der Waals surface area contributed by atoms with Gasteiger partial charge in [-0.2, -0.15) is 0 Å². The van der Waals surface area contributed by atoms with E-state index < -0.39 is 0 Å². The smallest absolute Gasteiger partial charge is 0.354 e. The molecule has 0 aliphatic rings. The van der Waals surface area contributed by atoms with E-state index in [1.165, 1.54) is 7.11 Å². The number of carbonyl (C=O) groups excluding carboxylic acids is 1. The third-order valence-electron chi connectivity index (χ3n) is 2.48. The normalized spacial score (nSPS) is 10.4. The van der Waals surface area contributed by atoms with Gasteiger partial charge in [0.05, 0.1) is 13.7 Å². The Morgan fingerprint density at radius 3 is 2.69 bits per heavy atom. The molecule has 0 saturated heterocycles. The van der Waals surface area contributed by atoms with Crippen LogP contribution in [0.15, 0.2) is 12.1 Å². The Balaban J connectivity index is 2.92. The Labute approximate surface area is 96.2 Å². The molecule has 1 heterocycles. The number of hydrogen-bond donors (Lipinski definition) is 0. The van der Waals surface area contributed by atoms with E-state index in [0.29, 0.717) is 12.3 Å². The van der Waals surface area contributed by atoms with Gasteiger partial charge in [0, 0.05) is 25.8 Å². The molecule has 0 saturated carbocycles. The highest BCUT2D eigenvalue weighted by atomic mass is 16.5. The van der Waals surface area contributed by atoms with E-state index in [1.807, 2.05) is 16.7 Å². The highest BCUT2D eigenvalue weighted by Gasteiger charge is 2.14. The van der Waals surface area contributed by atoms with Crippen molar-refractivity contribution in [2.75, 3.05) is 20.8 Å². The first-order chi connectivity index (χ1) is 7.74. The summed E-state index contributed by atoms with van der Waals surface area (Å²) in [6.07, 6.45) is 1.80. The summed E-state index contributed by atoms with van der Waals surface area (Å²) in [5, 5.41) is 0. The van der Waals surface area contributed by atoms with Crippen molar-refractivity contribution >= 4 is 5.97 Å². The van der Waals surface area contributed by atoms with Gasteiger partial charge in [-0.1, -0.05) is 6.92 Å². The SMILES string of the molecule is CCCn1c(CCOC)ccc1C(=O)OC. The minimum absolute atomic E-state index is 0.280. The average Bonchev–Trinajstić information content (AvgIpc) is 2.69. The Hall–Kier alpha value is -1.29. The molecule has 4 nitrogen and oxygen atoms in total. The topological polar surface area (TPSA) is 40.5 Å².